The van der Waals surface area contributed by atoms with Crippen LogP contribution in [0.2, 0.25) is 0 Å². The van der Waals surface area contributed by atoms with E-state index in [1.807, 2.05) is 20.8 Å². The summed E-state index contributed by atoms with van der Waals surface area (Å²) in [6.07, 6.45) is -0.498. The molecule has 0 saturated carbocycles. The SMILES string of the molecule is Cc1cc(OC(=O)NC(C)(C)C)cc(C)c1O. The van der Waals surface area contributed by atoms with E-state index in [0.29, 0.717) is 16.9 Å². The minimum Gasteiger partial charge on any atom is -0.507 e. The van der Waals surface area contributed by atoms with Gasteiger partial charge in [0.15, 0.2) is 0 Å². The van der Waals surface area contributed by atoms with Crippen LogP contribution in [0.15, 0.2) is 12.1 Å². The number of phenols is 1. The third-order valence-corrected chi connectivity index (χ3v) is 2.15. The molecule has 0 atom stereocenters. The van der Waals surface area contributed by atoms with E-state index in [0.717, 1.165) is 0 Å². The molecule has 1 aromatic carbocycles. The highest BCUT2D eigenvalue weighted by Crippen LogP contribution is 2.26. The van der Waals surface area contributed by atoms with Crippen LogP contribution in [-0.4, -0.2) is 16.7 Å². The van der Waals surface area contributed by atoms with Crippen molar-refractivity contribution in [2.24, 2.45) is 0 Å². The predicted octanol–water partition coefficient (Wildman–Crippen LogP) is 2.90. The first kappa shape index (κ1) is 13.4. The molecule has 17 heavy (non-hydrogen) atoms. The lowest BCUT2D eigenvalue weighted by molar-refractivity contribution is 0.190. The third-order valence-electron chi connectivity index (χ3n) is 2.15. The Bertz CT molecular complexity index is 410. The zero-order valence-electron chi connectivity index (χ0n) is 10.9. The highest BCUT2D eigenvalue weighted by Gasteiger charge is 2.15. The van der Waals surface area contributed by atoms with Gasteiger partial charge < -0.3 is 15.2 Å². The van der Waals surface area contributed by atoms with Gasteiger partial charge in [-0.15, -0.1) is 0 Å². The second-order valence-corrected chi connectivity index (χ2v) is 5.17. The van der Waals surface area contributed by atoms with Crippen molar-refractivity contribution in [3.63, 3.8) is 0 Å². The lowest BCUT2D eigenvalue weighted by Crippen LogP contribution is -2.42. The van der Waals surface area contributed by atoms with Crippen LogP contribution in [0, 0.1) is 13.8 Å². The molecule has 1 rings (SSSR count). The fraction of sp³-hybridized carbons (Fsp3) is 0.462. The van der Waals surface area contributed by atoms with Crippen molar-refractivity contribution in [1.29, 1.82) is 0 Å². The molecule has 0 heterocycles. The van der Waals surface area contributed by atoms with Crippen molar-refractivity contribution in [3.8, 4) is 11.5 Å². The molecule has 94 valence electrons. The Kier molecular flexibility index (Phi) is 3.66. The van der Waals surface area contributed by atoms with Crippen molar-refractivity contribution in [3.05, 3.63) is 23.3 Å². The van der Waals surface area contributed by atoms with Crippen molar-refractivity contribution in [1.82, 2.24) is 5.32 Å². The number of aromatic hydroxyl groups is 1. The Morgan fingerprint density at radius 3 is 2.12 bits per heavy atom. The quantitative estimate of drug-likeness (QED) is 0.789. The Morgan fingerprint density at radius 1 is 1.24 bits per heavy atom. The molecule has 0 aromatic heterocycles. The van der Waals surface area contributed by atoms with E-state index in [-0.39, 0.29) is 11.3 Å². The van der Waals surface area contributed by atoms with Gasteiger partial charge in [-0.3, -0.25) is 0 Å². The second-order valence-electron chi connectivity index (χ2n) is 5.17. The second kappa shape index (κ2) is 4.65. The fourth-order valence-corrected chi connectivity index (χ4v) is 1.41. The van der Waals surface area contributed by atoms with Crippen LogP contribution in [-0.2, 0) is 0 Å². The maximum absolute atomic E-state index is 11.5. The lowest BCUT2D eigenvalue weighted by atomic mass is 10.1. The minimum atomic E-state index is -0.498. The number of phenolic OH excluding ortho intramolecular Hbond substituents is 1. The van der Waals surface area contributed by atoms with Crippen LogP contribution in [0.3, 0.4) is 0 Å². The molecule has 0 aliphatic rings. The van der Waals surface area contributed by atoms with Crippen molar-refractivity contribution in [2.75, 3.05) is 0 Å². The van der Waals surface area contributed by atoms with Crippen LogP contribution in [0.5, 0.6) is 11.5 Å². The summed E-state index contributed by atoms with van der Waals surface area (Å²) in [5.41, 5.74) is 1.03. The fourth-order valence-electron chi connectivity index (χ4n) is 1.41. The summed E-state index contributed by atoms with van der Waals surface area (Å²) in [6.45, 7) is 9.15. The average molecular weight is 237 g/mol. The third kappa shape index (κ3) is 3.98. The van der Waals surface area contributed by atoms with E-state index in [1.165, 1.54) is 0 Å². The van der Waals surface area contributed by atoms with E-state index in [2.05, 4.69) is 5.32 Å². The van der Waals surface area contributed by atoms with Gasteiger partial charge in [0.2, 0.25) is 0 Å². The molecule has 0 aliphatic carbocycles. The first-order valence-corrected chi connectivity index (χ1v) is 5.49. The lowest BCUT2D eigenvalue weighted by Gasteiger charge is -2.20. The van der Waals surface area contributed by atoms with Gasteiger partial charge in [-0.2, -0.15) is 0 Å². The van der Waals surface area contributed by atoms with Crippen LogP contribution in [0.25, 0.3) is 0 Å². The van der Waals surface area contributed by atoms with Crippen molar-refractivity contribution < 1.29 is 14.6 Å². The van der Waals surface area contributed by atoms with E-state index >= 15 is 0 Å². The number of nitrogens with one attached hydrogen (secondary N) is 1. The number of carbonyl (C=O) groups is 1. The molecule has 0 radical (unpaired) electrons. The molecule has 4 nitrogen and oxygen atoms in total. The zero-order chi connectivity index (χ0) is 13.2. The maximum Gasteiger partial charge on any atom is 0.413 e. The first-order valence-electron chi connectivity index (χ1n) is 5.49. The van der Waals surface area contributed by atoms with Gasteiger partial charge in [0.05, 0.1) is 0 Å². The summed E-state index contributed by atoms with van der Waals surface area (Å²) in [7, 11) is 0. The first-order chi connectivity index (χ1) is 7.69. The molecule has 0 aliphatic heterocycles. The number of carbonyl (C=O) groups excluding carboxylic acids is 1. The van der Waals surface area contributed by atoms with Crippen LogP contribution in [0.4, 0.5) is 4.79 Å². The predicted molar refractivity (Wildman–Crippen MR) is 66.5 cm³/mol. The van der Waals surface area contributed by atoms with Gasteiger partial charge in [0.25, 0.3) is 0 Å². The molecule has 4 heteroatoms. The van der Waals surface area contributed by atoms with Crippen LogP contribution in [0.1, 0.15) is 31.9 Å². The topological polar surface area (TPSA) is 58.6 Å². The molecular formula is C13H19NO3. The molecular weight excluding hydrogens is 218 g/mol. The molecule has 0 fully saturated rings. The van der Waals surface area contributed by atoms with Crippen LogP contribution >= 0.6 is 0 Å². The van der Waals surface area contributed by atoms with Crippen molar-refractivity contribution >= 4 is 6.09 Å². The number of rotatable bonds is 1. The summed E-state index contributed by atoms with van der Waals surface area (Å²) in [4.78, 5) is 11.5. The maximum atomic E-state index is 11.5. The van der Waals surface area contributed by atoms with Gasteiger partial charge >= 0.3 is 6.09 Å². The van der Waals surface area contributed by atoms with Gasteiger partial charge in [0, 0.05) is 5.54 Å². The standard InChI is InChI=1S/C13H19NO3/c1-8-6-10(7-9(2)11(8)15)17-12(16)14-13(3,4)5/h6-7,15H,1-5H3,(H,14,16). The molecule has 0 spiro atoms. The van der Waals surface area contributed by atoms with Gasteiger partial charge in [-0.1, -0.05) is 0 Å². The largest absolute Gasteiger partial charge is 0.507 e. The van der Waals surface area contributed by atoms with Crippen molar-refractivity contribution in [2.45, 2.75) is 40.2 Å². The number of hydrogen-bond donors (Lipinski definition) is 2. The van der Waals surface area contributed by atoms with E-state index in [9.17, 15) is 9.90 Å². The van der Waals surface area contributed by atoms with Gasteiger partial charge in [-0.05, 0) is 57.9 Å². The van der Waals surface area contributed by atoms with E-state index < -0.39 is 6.09 Å². The van der Waals surface area contributed by atoms with Crippen LogP contribution < -0.4 is 10.1 Å². The number of benzene rings is 1. The Labute approximate surface area is 102 Å². The molecule has 0 unspecified atom stereocenters. The normalized spacial score (nSPS) is 11.1. The Hall–Kier alpha value is -1.71. The van der Waals surface area contributed by atoms with Gasteiger partial charge in [0.1, 0.15) is 11.5 Å². The smallest absolute Gasteiger partial charge is 0.413 e. The number of amides is 1. The molecule has 0 saturated heterocycles. The highest BCUT2D eigenvalue weighted by molar-refractivity contribution is 5.71. The average Bonchev–Trinajstić information content (AvgIpc) is 2.10. The Balaban J connectivity index is 2.79. The number of ether oxygens (including phenoxy) is 1. The molecule has 1 aromatic rings. The summed E-state index contributed by atoms with van der Waals surface area (Å²) < 4.78 is 5.15. The number of hydrogen-bond acceptors (Lipinski definition) is 3. The summed E-state index contributed by atoms with van der Waals surface area (Å²) in [5, 5.41) is 12.3. The molecule has 2 N–H and O–H groups in total. The molecule has 1 amide bonds. The van der Waals surface area contributed by atoms with E-state index in [4.69, 9.17) is 4.74 Å². The van der Waals surface area contributed by atoms with Gasteiger partial charge in [-0.25, -0.2) is 4.79 Å². The monoisotopic (exact) mass is 237 g/mol. The minimum absolute atomic E-state index is 0.230. The summed E-state index contributed by atoms with van der Waals surface area (Å²) in [6, 6.07) is 3.26. The number of aryl methyl sites for hydroxylation is 2. The zero-order valence-corrected chi connectivity index (χ0v) is 10.9. The Morgan fingerprint density at radius 2 is 1.71 bits per heavy atom. The molecule has 0 bridgehead atoms. The summed E-state index contributed by atoms with van der Waals surface area (Å²) in [5.74, 6) is 0.660. The summed E-state index contributed by atoms with van der Waals surface area (Å²) >= 11 is 0. The van der Waals surface area contributed by atoms with E-state index in [1.54, 1.807) is 26.0 Å². The highest BCUT2D eigenvalue weighted by atomic mass is 16.6.